The fraction of sp³-hybridized carbons (Fsp3) is 0.375. The number of benzene rings is 1. The van der Waals surface area contributed by atoms with Gasteiger partial charge in [0.1, 0.15) is 23.1 Å². The van der Waals surface area contributed by atoms with E-state index < -0.39 is 0 Å². The first-order chi connectivity index (χ1) is 9.88. The van der Waals surface area contributed by atoms with Crippen LogP contribution in [-0.2, 0) is 5.41 Å². The molecule has 0 bridgehead atoms. The van der Waals surface area contributed by atoms with E-state index in [1.807, 2.05) is 52.0 Å². The van der Waals surface area contributed by atoms with Gasteiger partial charge in [0.15, 0.2) is 0 Å². The highest BCUT2D eigenvalue weighted by atomic mass is 16.5. The Balaban J connectivity index is 2.27. The van der Waals surface area contributed by atoms with Crippen molar-refractivity contribution in [1.82, 2.24) is 9.97 Å². The third-order valence-corrected chi connectivity index (χ3v) is 2.73. The largest absolute Gasteiger partial charge is 0.494 e. The average molecular weight is 287 g/mol. The van der Waals surface area contributed by atoms with Crippen LogP contribution in [0.15, 0.2) is 30.3 Å². The molecule has 21 heavy (non-hydrogen) atoms. The second-order valence-corrected chi connectivity index (χ2v) is 5.71. The van der Waals surface area contributed by atoms with Crippen LogP contribution in [0.1, 0.15) is 33.5 Å². The van der Waals surface area contributed by atoms with Gasteiger partial charge in [0, 0.05) is 17.5 Å². The molecule has 0 aliphatic heterocycles. The molecule has 0 saturated heterocycles. The minimum Gasteiger partial charge on any atom is -0.494 e. The molecule has 1 heterocycles. The van der Waals surface area contributed by atoms with Crippen molar-refractivity contribution in [3.05, 3.63) is 36.2 Å². The fourth-order valence-electron chi connectivity index (χ4n) is 1.75. The molecule has 0 atom stereocenters. The van der Waals surface area contributed by atoms with Gasteiger partial charge in [-0.2, -0.15) is 4.98 Å². The first-order valence-electron chi connectivity index (χ1n) is 6.94. The zero-order valence-electron chi connectivity index (χ0n) is 12.9. The molecule has 0 unspecified atom stereocenters. The number of nitrogens with two attached hydrogens (primary N) is 1. The molecule has 2 rings (SSSR count). The van der Waals surface area contributed by atoms with E-state index in [4.69, 9.17) is 15.2 Å². The highest BCUT2D eigenvalue weighted by Gasteiger charge is 2.19. The highest BCUT2D eigenvalue weighted by Crippen LogP contribution is 2.27. The minimum atomic E-state index is -0.194. The smallest absolute Gasteiger partial charge is 0.224 e. The van der Waals surface area contributed by atoms with Gasteiger partial charge in [-0.05, 0) is 19.1 Å². The normalized spacial score (nSPS) is 11.2. The number of nitrogens with zero attached hydrogens (tertiary/aromatic N) is 2. The zero-order valence-corrected chi connectivity index (χ0v) is 12.9. The molecule has 2 N–H and O–H groups in total. The number of ether oxygens (including phenoxy) is 2. The van der Waals surface area contributed by atoms with Crippen molar-refractivity contribution in [3.8, 4) is 17.4 Å². The number of nitrogen functional groups attached to an aromatic ring is 1. The molecule has 0 aliphatic carbocycles. The molecule has 0 saturated carbocycles. The van der Waals surface area contributed by atoms with Crippen LogP contribution in [0, 0.1) is 0 Å². The Morgan fingerprint density at radius 3 is 2.48 bits per heavy atom. The van der Waals surface area contributed by atoms with Gasteiger partial charge >= 0.3 is 0 Å². The van der Waals surface area contributed by atoms with Crippen LogP contribution in [0.4, 0.5) is 5.82 Å². The molecule has 5 heteroatoms. The Labute approximate surface area is 125 Å². The topological polar surface area (TPSA) is 70.3 Å². The summed E-state index contributed by atoms with van der Waals surface area (Å²) in [4.78, 5) is 8.68. The van der Waals surface area contributed by atoms with E-state index in [1.165, 1.54) is 0 Å². The minimum absolute atomic E-state index is 0.194. The molecule has 1 aromatic carbocycles. The highest BCUT2D eigenvalue weighted by molar-refractivity contribution is 5.39. The van der Waals surface area contributed by atoms with Gasteiger partial charge in [-0.3, -0.25) is 0 Å². The van der Waals surface area contributed by atoms with Crippen LogP contribution >= 0.6 is 0 Å². The molecule has 0 fully saturated rings. The van der Waals surface area contributed by atoms with Crippen LogP contribution in [-0.4, -0.2) is 16.6 Å². The predicted octanol–water partition coefficient (Wildman–Crippen LogP) is 3.55. The summed E-state index contributed by atoms with van der Waals surface area (Å²) in [6.45, 7) is 8.64. The van der Waals surface area contributed by atoms with Gasteiger partial charge in [-0.15, -0.1) is 0 Å². The SMILES string of the molecule is CCOc1cccc(Oc2cc(N)nc(C(C)(C)C)n2)c1. The van der Waals surface area contributed by atoms with Crippen molar-refractivity contribution < 1.29 is 9.47 Å². The van der Waals surface area contributed by atoms with Gasteiger partial charge in [-0.25, -0.2) is 4.98 Å². The molecule has 0 spiro atoms. The zero-order chi connectivity index (χ0) is 15.5. The molecule has 112 valence electrons. The van der Waals surface area contributed by atoms with Crippen LogP contribution in [0.3, 0.4) is 0 Å². The van der Waals surface area contributed by atoms with E-state index in [1.54, 1.807) is 6.07 Å². The molecular weight excluding hydrogens is 266 g/mol. The van der Waals surface area contributed by atoms with Crippen LogP contribution in [0.5, 0.6) is 17.4 Å². The summed E-state index contributed by atoms with van der Waals surface area (Å²) < 4.78 is 11.2. The summed E-state index contributed by atoms with van der Waals surface area (Å²) in [5.74, 6) is 2.89. The van der Waals surface area contributed by atoms with Gasteiger partial charge < -0.3 is 15.2 Å². The number of hydrogen-bond acceptors (Lipinski definition) is 5. The molecule has 0 radical (unpaired) electrons. The molecule has 2 aromatic rings. The van der Waals surface area contributed by atoms with E-state index in [9.17, 15) is 0 Å². The number of rotatable bonds is 4. The van der Waals surface area contributed by atoms with Crippen LogP contribution in [0.25, 0.3) is 0 Å². The van der Waals surface area contributed by atoms with Crippen LogP contribution < -0.4 is 15.2 Å². The Hall–Kier alpha value is -2.30. The van der Waals surface area contributed by atoms with Crippen molar-refractivity contribution in [2.75, 3.05) is 12.3 Å². The lowest BCUT2D eigenvalue weighted by Crippen LogP contribution is -2.17. The van der Waals surface area contributed by atoms with Crippen LogP contribution in [0.2, 0.25) is 0 Å². The van der Waals surface area contributed by atoms with E-state index >= 15 is 0 Å². The first-order valence-corrected chi connectivity index (χ1v) is 6.94. The third kappa shape index (κ3) is 4.08. The lowest BCUT2D eigenvalue weighted by Gasteiger charge is -2.17. The Morgan fingerprint density at radius 2 is 1.81 bits per heavy atom. The summed E-state index contributed by atoms with van der Waals surface area (Å²) in [5, 5.41) is 0. The van der Waals surface area contributed by atoms with E-state index in [0.29, 0.717) is 29.9 Å². The summed E-state index contributed by atoms with van der Waals surface area (Å²) in [6.07, 6.45) is 0. The first kappa shape index (κ1) is 15.1. The van der Waals surface area contributed by atoms with Crippen molar-refractivity contribution in [2.24, 2.45) is 0 Å². The molecule has 0 amide bonds. The number of aromatic nitrogens is 2. The monoisotopic (exact) mass is 287 g/mol. The van der Waals surface area contributed by atoms with Gasteiger partial charge in [0.2, 0.25) is 5.88 Å². The van der Waals surface area contributed by atoms with Crippen molar-refractivity contribution in [2.45, 2.75) is 33.1 Å². The average Bonchev–Trinajstić information content (AvgIpc) is 2.38. The Bertz CT molecular complexity index is 621. The van der Waals surface area contributed by atoms with Crippen molar-refractivity contribution in [1.29, 1.82) is 0 Å². The molecule has 0 aliphatic rings. The molecule has 1 aromatic heterocycles. The maximum Gasteiger partial charge on any atom is 0.224 e. The van der Waals surface area contributed by atoms with Crippen molar-refractivity contribution in [3.63, 3.8) is 0 Å². The van der Waals surface area contributed by atoms with Gasteiger partial charge in [0.05, 0.1) is 6.61 Å². The van der Waals surface area contributed by atoms with E-state index in [-0.39, 0.29) is 5.41 Å². The molecular formula is C16H21N3O2. The quantitative estimate of drug-likeness (QED) is 0.931. The summed E-state index contributed by atoms with van der Waals surface area (Å²) in [6, 6.07) is 9.03. The fourth-order valence-corrected chi connectivity index (χ4v) is 1.75. The van der Waals surface area contributed by atoms with E-state index in [2.05, 4.69) is 9.97 Å². The second-order valence-electron chi connectivity index (χ2n) is 5.71. The lowest BCUT2D eigenvalue weighted by atomic mass is 9.96. The third-order valence-electron chi connectivity index (χ3n) is 2.73. The Kier molecular flexibility index (Phi) is 4.31. The van der Waals surface area contributed by atoms with Crippen molar-refractivity contribution >= 4 is 5.82 Å². The summed E-state index contributed by atoms with van der Waals surface area (Å²) in [7, 11) is 0. The second kappa shape index (κ2) is 5.99. The lowest BCUT2D eigenvalue weighted by molar-refractivity contribution is 0.337. The standard InChI is InChI=1S/C16H21N3O2/c1-5-20-11-7-6-8-12(9-11)21-14-10-13(17)18-15(19-14)16(2,3)4/h6-10H,5H2,1-4H3,(H2,17,18,19). The number of hydrogen-bond donors (Lipinski definition) is 1. The summed E-state index contributed by atoms with van der Waals surface area (Å²) in [5.41, 5.74) is 5.64. The number of anilines is 1. The maximum absolute atomic E-state index is 5.83. The predicted molar refractivity (Wildman–Crippen MR) is 82.8 cm³/mol. The Morgan fingerprint density at radius 1 is 1.10 bits per heavy atom. The van der Waals surface area contributed by atoms with Gasteiger partial charge in [0.25, 0.3) is 0 Å². The van der Waals surface area contributed by atoms with E-state index in [0.717, 1.165) is 5.75 Å². The maximum atomic E-state index is 5.83. The summed E-state index contributed by atoms with van der Waals surface area (Å²) >= 11 is 0. The molecule has 5 nitrogen and oxygen atoms in total. The van der Waals surface area contributed by atoms with Gasteiger partial charge in [-0.1, -0.05) is 26.8 Å².